The molecule has 39 heavy (non-hydrogen) atoms. The van der Waals surface area contributed by atoms with Crippen molar-refractivity contribution >= 4 is 73.3 Å². The Morgan fingerprint density at radius 2 is 1.49 bits per heavy atom. The fourth-order valence-corrected chi connectivity index (χ4v) is 6.08. The van der Waals surface area contributed by atoms with Gasteiger partial charge in [0.1, 0.15) is 12.6 Å². The molecule has 0 aromatic heterocycles. The molecule has 0 fully saturated rings. The van der Waals surface area contributed by atoms with Gasteiger partial charge in [0.25, 0.3) is 10.0 Å². The summed E-state index contributed by atoms with van der Waals surface area (Å²) >= 11 is 14.9. The third kappa shape index (κ3) is 8.09. The molecule has 208 valence electrons. The highest BCUT2D eigenvalue weighted by atomic mass is 127. The lowest BCUT2D eigenvalue weighted by Gasteiger charge is -2.33. The number of benzene rings is 3. The Morgan fingerprint density at radius 3 is 2.03 bits per heavy atom. The zero-order chi connectivity index (χ0) is 29.0. The average molecular weight is 702 g/mol. The number of nitrogens with one attached hydrogen (secondary N) is 1. The average Bonchev–Trinajstić information content (AvgIpc) is 2.86. The topological polar surface area (TPSA) is 86.8 Å². The number of carbonyl (C=O) groups is 2. The van der Waals surface area contributed by atoms with Gasteiger partial charge in [-0.05, 0) is 98.8 Å². The second kappa shape index (κ2) is 12.9. The Morgan fingerprint density at radius 1 is 0.923 bits per heavy atom. The molecule has 3 aromatic rings. The van der Waals surface area contributed by atoms with Crippen molar-refractivity contribution in [3.05, 3.63) is 92.0 Å². The Kier molecular flexibility index (Phi) is 10.3. The highest BCUT2D eigenvalue weighted by Gasteiger charge is 2.33. The molecule has 0 aliphatic carbocycles. The molecule has 0 radical (unpaired) electrons. The van der Waals surface area contributed by atoms with Gasteiger partial charge < -0.3 is 10.2 Å². The van der Waals surface area contributed by atoms with Gasteiger partial charge in [-0.15, -0.1) is 0 Å². The van der Waals surface area contributed by atoms with E-state index >= 15 is 0 Å². The normalized spacial score (nSPS) is 12.5. The van der Waals surface area contributed by atoms with Crippen molar-refractivity contribution in [3.8, 4) is 0 Å². The monoisotopic (exact) mass is 701 g/mol. The minimum atomic E-state index is -4.13. The summed E-state index contributed by atoms with van der Waals surface area (Å²) in [7, 11) is -4.13. The summed E-state index contributed by atoms with van der Waals surface area (Å²) in [6.07, 6.45) is 0. The van der Waals surface area contributed by atoms with Crippen LogP contribution in [0.2, 0.25) is 10.0 Å². The van der Waals surface area contributed by atoms with E-state index in [1.165, 1.54) is 17.0 Å². The lowest BCUT2D eigenvalue weighted by atomic mass is 10.1. The van der Waals surface area contributed by atoms with Crippen LogP contribution in [0, 0.1) is 3.57 Å². The lowest BCUT2D eigenvalue weighted by Crippen LogP contribution is -2.54. The second-order valence-corrected chi connectivity index (χ2v) is 13.9. The molecule has 0 aliphatic rings. The molecular weight excluding hydrogens is 672 g/mol. The fraction of sp³-hybridized carbons (Fsp3) is 0.286. The molecule has 0 saturated heterocycles. The second-order valence-electron chi connectivity index (χ2n) is 9.94. The standard InChI is InChI=1S/C28H30Cl2IN3O4S/c1-19(27(36)32-28(2,3)4)33(17-23-24(29)11-8-12-25(23)30)26(35)18-34(21-15-13-20(31)14-16-21)39(37,38)22-9-6-5-7-10-22/h5-16,19H,17-18H2,1-4H3,(H,32,36)/t19-/m1/s1. The molecule has 7 nitrogen and oxygen atoms in total. The van der Waals surface area contributed by atoms with E-state index in [9.17, 15) is 18.0 Å². The summed E-state index contributed by atoms with van der Waals surface area (Å²) in [4.78, 5) is 28.5. The molecule has 0 saturated carbocycles. The van der Waals surface area contributed by atoms with Crippen LogP contribution in [0.5, 0.6) is 0 Å². The molecule has 3 aromatic carbocycles. The number of hydrogen-bond acceptors (Lipinski definition) is 4. The van der Waals surface area contributed by atoms with E-state index in [4.69, 9.17) is 23.2 Å². The molecule has 1 atom stereocenters. The maximum atomic E-state index is 14.0. The van der Waals surface area contributed by atoms with Crippen LogP contribution in [0.25, 0.3) is 0 Å². The number of anilines is 1. The highest BCUT2D eigenvalue weighted by molar-refractivity contribution is 14.1. The predicted octanol–water partition coefficient (Wildman–Crippen LogP) is 6.13. The van der Waals surface area contributed by atoms with Crippen LogP contribution in [0.3, 0.4) is 0 Å². The van der Waals surface area contributed by atoms with Crippen molar-refractivity contribution in [1.29, 1.82) is 0 Å². The predicted molar refractivity (Wildman–Crippen MR) is 165 cm³/mol. The zero-order valence-corrected chi connectivity index (χ0v) is 26.5. The van der Waals surface area contributed by atoms with E-state index < -0.39 is 40.0 Å². The van der Waals surface area contributed by atoms with Crippen LogP contribution < -0.4 is 9.62 Å². The summed E-state index contributed by atoms with van der Waals surface area (Å²) in [5.74, 6) is -0.994. The van der Waals surface area contributed by atoms with E-state index in [1.54, 1.807) is 67.6 Å². The van der Waals surface area contributed by atoms with Crippen LogP contribution in [0.1, 0.15) is 33.3 Å². The Hall–Kier alpha value is -2.34. The van der Waals surface area contributed by atoms with E-state index in [1.807, 2.05) is 20.8 Å². The Bertz CT molecular complexity index is 1410. The Balaban J connectivity index is 2.06. The van der Waals surface area contributed by atoms with Gasteiger partial charge in [0.15, 0.2) is 0 Å². The molecule has 0 aliphatic heterocycles. The maximum absolute atomic E-state index is 14.0. The van der Waals surface area contributed by atoms with Gasteiger partial charge in [0, 0.05) is 31.3 Å². The fourth-order valence-electron chi connectivity index (χ4n) is 3.77. The number of hydrogen-bond donors (Lipinski definition) is 1. The number of carbonyl (C=O) groups excluding carboxylic acids is 2. The first-order valence-electron chi connectivity index (χ1n) is 12.1. The zero-order valence-electron chi connectivity index (χ0n) is 22.0. The SMILES string of the molecule is C[C@H](C(=O)NC(C)(C)C)N(Cc1c(Cl)cccc1Cl)C(=O)CN(c1ccc(I)cc1)S(=O)(=O)c1ccccc1. The van der Waals surface area contributed by atoms with Crippen LogP contribution in [0.15, 0.2) is 77.7 Å². The first-order chi connectivity index (χ1) is 18.2. The minimum absolute atomic E-state index is 0.0376. The summed E-state index contributed by atoms with van der Waals surface area (Å²) < 4.78 is 29.5. The number of halogens is 3. The summed E-state index contributed by atoms with van der Waals surface area (Å²) in [6, 6.07) is 18.7. The number of sulfonamides is 1. The molecule has 0 spiro atoms. The van der Waals surface area contributed by atoms with Gasteiger partial charge in [-0.3, -0.25) is 13.9 Å². The summed E-state index contributed by atoms with van der Waals surface area (Å²) in [5.41, 5.74) is 0.220. The minimum Gasteiger partial charge on any atom is -0.350 e. The van der Waals surface area contributed by atoms with Crippen LogP contribution in [-0.2, 0) is 26.2 Å². The van der Waals surface area contributed by atoms with Crippen LogP contribution >= 0.6 is 45.8 Å². The molecule has 1 N–H and O–H groups in total. The molecule has 0 unspecified atom stereocenters. The smallest absolute Gasteiger partial charge is 0.264 e. The number of amides is 2. The van der Waals surface area contributed by atoms with Gasteiger partial charge >= 0.3 is 0 Å². The summed E-state index contributed by atoms with van der Waals surface area (Å²) in [5, 5.41) is 3.54. The van der Waals surface area contributed by atoms with E-state index in [2.05, 4.69) is 27.9 Å². The molecule has 3 rings (SSSR count). The van der Waals surface area contributed by atoms with Crippen molar-refractivity contribution in [2.45, 2.75) is 50.7 Å². The molecule has 2 amide bonds. The van der Waals surface area contributed by atoms with Crippen LogP contribution in [0.4, 0.5) is 5.69 Å². The van der Waals surface area contributed by atoms with E-state index in [0.29, 0.717) is 21.3 Å². The molecule has 11 heteroatoms. The van der Waals surface area contributed by atoms with E-state index in [-0.39, 0.29) is 11.4 Å². The highest BCUT2D eigenvalue weighted by Crippen LogP contribution is 2.28. The van der Waals surface area contributed by atoms with Crippen molar-refractivity contribution in [2.24, 2.45) is 0 Å². The van der Waals surface area contributed by atoms with Crippen molar-refractivity contribution in [1.82, 2.24) is 10.2 Å². The quantitative estimate of drug-likeness (QED) is 0.272. The van der Waals surface area contributed by atoms with Gasteiger partial charge in [0.05, 0.1) is 10.6 Å². The van der Waals surface area contributed by atoms with Crippen molar-refractivity contribution in [2.75, 3.05) is 10.8 Å². The lowest BCUT2D eigenvalue weighted by molar-refractivity contribution is -0.140. The number of rotatable bonds is 9. The van der Waals surface area contributed by atoms with Crippen LogP contribution in [-0.4, -0.2) is 43.3 Å². The van der Waals surface area contributed by atoms with Crippen molar-refractivity contribution in [3.63, 3.8) is 0 Å². The largest absolute Gasteiger partial charge is 0.350 e. The summed E-state index contributed by atoms with van der Waals surface area (Å²) in [6.45, 7) is 6.44. The van der Waals surface area contributed by atoms with Gasteiger partial charge in [-0.2, -0.15) is 0 Å². The number of nitrogens with zero attached hydrogens (tertiary/aromatic N) is 2. The molecule has 0 heterocycles. The van der Waals surface area contributed by atoms with Crippen molar-refractivity contribution < 1.29 is 18.0 Å². The van der Waals surface area contributed by atoms with Gasteiger partial charge in [-0.1, -0.05) is 47.5 Å². The third-order valence-corrected chi connectivity index (χ3v) is 9.00. The third-order valence-electron chi connectivity index (χ3n) is 5.78. The first kappa shape index (κ1) is 31.2. The molecular formula is C28H30Cl2IN3O4S. The van der Waals surface area contributed by atoms with E-state index in [0.717, 1.165) is 7.88 Å². The van der Waals surface area contributed by atoms with Gasteiger partial charge in [-0.25, -0.2) is 8.42 Å². The Labute approximate surface area is 253 Å². The van der Waals surface area contributed by atoms with Gasteiger partial charge in [0.2, 0.25) is 11.8 Å². The first-order valence-corrected chi connectivity index (χ1v) is 15.4. The maximum Gasteiger partial charge on any atom is 0.264 e. The molecule has 0 bridgehead atoms.